The highest BCUT2D eigenvalue weighted by atomic mass is 16.5. The smallest absolute Gasteiger partial charge is 0.121 e. The first kappa shape index (κ1) is 15.1. The predicted molar refractivity (Wildman–Crippen MR) is 83.6 cm³/mol. The van der Waals surface area contributed by atoms with E-state index in [0.717, 1.165) is 17.7 Å². The van der Waals surface area contributed by atoms with E-state index in [1.54, 1.807) is 7.11 Å². The quantitative estimate of drug-likeness (QED) is 0.499. The molecule has 3 nitrogen and oxygen atoms in total. The molecule has 1 aliphatic carbocycles. The molecule has 1 unspecified atom stereocenters. The molecule has 0 amide bonds. The van der Waals surface area contributed by atoms with Crippen LogP contribution in [-0.2, 0) is 0 Å². The molecule has 0 saturated carbocycles. The van der Waals surface area contributed by atoms with Crippen LogP contribution in [0.15, 0.2) is 29.8 Å². The Morgan fingerprint density at radius 1 is 1.20 bits per heavy atom. The molecule has 0 radical (unpaired) electrons. The fourth-order valence-corrected chi connectivity index (χ4v) is 2.98. The lowest BCUT2D eigenvalue weighted by atomic mass is 9.90. The van der Waals surface area contributed by atoms with Gasteiger partial charge in [0.15, 0.2) is 0 Å². The van der Waals surface area contributed by atoms with E-state index >= 15 is 0 Å². The summed E-state index contributed by atoms with van der Waals surface area (Å²) in [6.45, 7) is 2.07. The minimum absolute atomic E-state index is 0.123. The molecule has 0 heterocycles. The Morgan fingerprint density at radius 2 is 2.00 bits per heavy atom. The fourth-order valence-electron chi connectivity index (χ4n) is 2.98. The Balaban J connectivity index is 2.24. The van der Waals surface area contributed by atoms with Gasteiger partial charge in [-0.3, -0.25) is 5.84 Å². The van der Waals surface area contributed by atoms with Crippen LogP contribution in [-0.4, -0.2) is 7.11 Å². The molecular formula is C17H26N2O. The fraction of sp³-hybridized carbons (Fsp3) is 0.529. The van der Waals surface area contributed by atoms with Crippen molar-refractivity contribution in [3.63, 3.8) is 0 Å². The molecule has 0 saturated heterocycles. The molecule has 20 heavy (non-hydrogen) atoms. The van der Waals surface area contributed by atoms with Crippen molar-refractivity contribution in [1.29, 1.82) is 0 Å². The van der Waals surface area contributed by atoms with Crippen molar-refractivity contribution < 1.29 is 4.74 Å². The van der Waals surface area contributed by atoms with Crippen LogP contribution >= 0.6 is 0 Å². The molecule has 2 rings (SSSR count). The molecule has 1 atom stereocenters. The molecule has 0 spiro atoms. The lowest BCUT2D eigenvalue weighted by molar-refractivity contribution is 0.411. The summed E-state index contributed by atoms with van der Waals surface area (Å²) in [7, 11) is 1.71. The molecule has 0 fully saturated rings. The molecule has 1 aromatic carbocycles. The van der Waals surface area contributed by atoms with Crippen LogP contribution in [0, 0.1) is 6.92 Å². The van der Waals surface area contributed by atoms with Gasteiger partial charge in [-0.1, -0.05) is 36.6 Å². The normalized spacial score (nSPS) is 20.4. The van der Waals surface area contributed by atoms with Crippen LogP contribution in [0.2, 0.25) is 0 Å². The molecular weight excluding hydrogens is 248 g/mol. The average Bonchev–Trinajstić information content (AvgIpc) is 2.42. The summed E-state index contributed by atoms with van der Waals surface area (Å²) in [4.78, 5) is 0. The highest BCUT2D eigenvalue weighted by Crippen LogP contribution is 2.30. The Labute approximate surface area is 122 Å². The summed E-state index contributed by atoms with van der Waals surface area (Å²) >= 11 is 0. The topological polar surface area (TPSA) is 47.3 Å². The molecule has 1 aromatic rings. The second-order valence-electron chi connectivity index (χ2n) is 5.56. The van der Waals surface area contributed by atoms with Crippen molar-refractivity contribution in [2.75, 3.05) is 7.11 Å². The second kappa shape index (κ2) is 7.46. The number of methoxy groups -OCH3 is 1. The van der Waals surface area contributed by atoms with Gasteiger partial charge in [-0.25, -0.2) is 5.43 Å². The molecule has 0 bridgehead atoms. The highest BCUT2D eigenvalue weighted by Gasteiger charge is 2.16. The van der Waals surface area contributed by atoms with E-state index in [1.165, 1.54) is 43.2 Å². The maximum absolute atomic E-state index is 5.82. The molecule has 110 valence electrons. The van der Waals surface area contributed by atoms with Gasteiger partial charge in [0.1, 0.15) is 5.75 Å². The first-order chi connectivity index (χ1) is 9.76. The van der Waals surface area contributed by atoms with Crippen molar-refractivity contribution in [3.8, 4) is 5.75 Å². The third kappa shape index (κ3) is 3.62. The van der Waals surface area contributed by atoms with Crippen LogP contribution in [0.5, 0.6) is 5.75 Å². The van der Waals surface area contributed by atoms with E-state index in [0.29, 0.717) is 0 Å². The summed E-state index contributed by atoms with van der Waals surface area (Å²) in [5, 5.41) is 0. The number of allylic oxidation sites excluding steroid dienone is 1. The summed E-state index contributed by atoms with van der Waals surface area (Å²) in [5.74, 6) is 6.75. The molecule has 0 aliphatic heterocycles. The third-order valence-electron chi connectivity index (χ3n) is 4.12. The SMILES string of the molecule is COc1ccc(C(NN)/C2=C/CCCCCC2)cc1C. The second-order valence-corrected chi connectivity index (χ2v) is 5.56. The molecule has 0 aromatic heterocycles. The highest BCUT2D eigenvalue weighted by molar-refractivity contribution is 5.39. The monoisotopic (exact) mass is 274 g/mol. The number of benzene rings is 1. The lowest BCUT2D eigenvalue weighted by Crippen LogP contribution is -2.29. The predicted octanol–water partition coefficient (Wildman–Crippen LogP) is 3.79. The minimum Gasteiger partial charge on any atom is -0.496 e. The standard InChI is InChI=1S/C17H26N2O/c1-13-12-15(10-11-16(13)20-2)17(19-18)14-8-6-4-3-5-7-9-14/h8,10-12,17,19H,3-7,9,18H2,1-2H3/b14-8+. The van der Waals surface area contributed by atoms with Gasteiger partial charge >= 0.3 is 0 Å². The third-order valence-corrected chi connectivity index (χ3v) is 4.12. The van der Waals surface area contributed by atoms with Crippen LogP contribution in [0.4, 0.5) is 0 Å². The van der Waals surface area contributed by atoms with Gasteiger partial charge in [0, 0.05) is 0 Å². The van der Waals surface area contributed by atoms with E-state index in [4.69, 9.17) is 10.6 Å². The maximum atomic E-state index is 5.82. The summed E-state index contributed by atoms with van der Waals surface area (Å²) in [6, 6.07) is 6.43. The van der Waals surface area contributed by atoms with Crippen molar-refractivity contribution >= 4 is 0 Å². The Kier molecular flexibility index (Phi) is 5.62. The Bertz CT molecular complexity index is 468. The van der Waals surface area contributed by atoms with Gasteiger partial charge in [0.25, 0.3) is 0 Å². The number of hydrogen-bond donors (Lipinski definition) is 2. The van der Waals surface area contributed by atoms with Gasteiger partial charge in [-0.15, -0.1) is 0 Å². The van der Waals surface area contributed by atoms with Crippen LogP contribution in [0.3, 0.4) is 0 Å². The van der Waals surface area contributed by atoms with E-state index in [1.807, 2.05) is 6.07 Å². The van der Waals surface area contributed by atoms with Gasteiger partial charge in [0.05, 0.1) is 13.2 Å². The van der Waals surface area contributed by atoms with E-state index in [9.17, 15) is 0 Å². The number of aryl methyl sites for hydroxylation is 1. The first-order valence-corrected chi connectivity index (χ1v) is 7.56. The summed E-state index contributed by atoms with van der Waals surface area (Å²) in [5.41, 5.74) is 6.79. The minimum atomic E-state index is 0.123. The van der Waals surface area contributed by atoms with Gasteiger partial charge in [0.2, 0.25) is 0 Å². The lowest BCUT2D eigenvalue weighted by Gasteiger charge is -2.22. The largest absolute Gasteiger partial charge is 0.496 e. The van der Waals surface area contributed by atoms with E-state index in [-0.39, 0.29) is 6.04 Å². The van der Waals surface area contributed by atoms with Crippen LogP contribution in [0.1, 0.15) is 55.7 Å². The number of nitrogens with one attached hydrogen (secondary N) is 1. The Hall–Kier alpha value is -1.32. The number of rotatable bonds is 4. The first-order valence-electron chi connectivity index (χ1n) is 7.56. The number of nitrogens with two attached hydrogens (primary N) is 1. The van der Waals surface area contributed by atoms with E-state index in [2.05, 4.69) is 30.6 Å². The van der Waals surface area contributed by atoms with Gasteiger partial charge in [-0.05, 0) is 49.8 Å². The zero-order valence-corrected chi connectivity index (χ0v) is 12.6. The van der Waals surface area contributed by atoms with Crippen LogP contribution < -0.4 is 16.0 Å². The summed E-state index contributed by atoms with van der Waals surface area (Å²) < 4.78 is 5.33. The number of ether oxygens (including phenoxy) is 1. The van der Waals surface area contributed by atoms with E-state index < -0.39 is 0 Å². The van der Waals surface area contributed by atoms with Crippen molar-refractivity contribution in [2.24, 2.45) is 5.84 Å². The molecule has 1 aliphatic rings. The maximum Gasteiger partial charge on any atom is 0.121 e. The van der Waals surface area contributed by atoms with Crippen molar-refractivity contribution in [1.82, 2.24) is 5.43 Å². The number of hydrogen-bond acceptors (Lipinski definition) is 3. The van der Waals surface area contributed by atoms with Crippen LogP contribution in [0.25, 0.3) is 0 Å². The van der Waals surface area contributed by atoms with Crippen molar-refractivity contribution in [2.45, 2.75) is 51.5 Å². The Morgan fingerprint density at radius 3 is 2.70 bits per heavy atom. The number of hydrazine groups is 1. The van der Waals surface area contributed by atoms with Gasteiger partial charge < -0.3 is 4.74 Å². The zero-order chi connectivity index (χ0) is 14.4. The van der Waals surface area contributed by atoms with Gasteiger partial charge in [-0.2, -0.15) is 0 Å². The summed E-state index contributed by atoms with van der Waals surface area (Å²) in [6.07, 6.45) is 9.93. The average molecular weight is 274 g/mol. The molecule has 3 heteroatoms. The zero-order valence-electron chi connectivity index (χ0n) is 12.6. The molecule has 3 N–H and O–H groups in total. The van der Waals surface area contributed by atoms with Crippen molar-refractivity contribution in [3.05, 3.63) is 41.0 Å².